The lowest BCUT2D eigenvalue weighted by Crippen LogP contribution is -2.43. The van der Waals surface area contributed by atoms with Gasteiger partial charge in [-0.15, -0.1) is 0 Å². The lowest BCUT2D eigenvalue weighted by Gasteiger charge is -2.42. The zero-order valence-corrected chi connectivity index (χ0v) is 15.0. The third-order valence-electron chi connectivity index (χ3n) is 5.52. The minimum absolute atomic E-state index is 0.121. The first-order valence-electron chi connectivity index (χ1n) is 9.00. The van der Waals surface area contributed by atoms with E-state index in [9.17, 15) is 4.39 Å². The molecule has 2 nitrogen and oxygen atoms in total. The number of hydrogen-bond donors (Lipinski definition) is 1. The molecule has 0 bridgehead atoms. The summed E-state index contributed by atoms with van der Waals surface area (Å²) in [5.74, 6) is 0.706. The summed E-state index contributed by atoms with van der Waals surface area (Å²) >= 11 is 5.91. The van der Waals surface area contributed by atoms with E-state index in [0.29, 0.717) is 6.54 Å². The average Bonchev–Trinajstić information content (AvgIpc) is 2.63. The highest BCUT2D eigenvalue weighted by molar-refractivity contribution is 6.30. The van der Waals surface area contributed by atoms with Crippen molar-refractivity contribution in [1.82, 2.24) is 0 Å². The van der Waals surface area contributed by atoms with Gasteiger partial charge in [-0.05, 0) is 48.6 Å². The van der Waals surface area contributed by atoms with Crippen LogP contribution in [0.25, 0.3) is 0 Å². The van der Waals surface area contributed by atoms with Gasteiger partial charge >= 0.3 is 0 Å². The third-order valence-corrected chi connectivity index (χ3v) is 5.81. The molecule has 0 saturated heterocycles. The molecule has 1 aliphatic carbocycles. The quantitative estimate of drug-likeness (QED) is 0.701. The molecule has 25 heavy (non-hydrogen) atoms. The summed E-state index contributed by atoms with van der Waals surface area (Å²) in [4.78, 5) is 4.92. The van der Waals surface area contributed by atoms with Gasteiger partial charge in [-0.25, -0.2) is 4.39 Å². The van der Waals surface area contributed by atoms with Gasteiger partial charge < -0.3 is 5.32 Å². The van der Waals surface area contributed by atoms with Gasteiger partial charge in [0.25, 0.3) is 0 Å². The summed E-state index contributed by atoms with van der Waals surface area (Å²) in [7, 11) is 0. The molecule has 2 aromatic carbocycles. The van der Waals surface area contributed by atoms with E-state index < -0.39 is 0 Å². The number of nitrogens with zero attached hydrogens (tertiary/aromatic N) is 1. The van der Waals surface area contributed by atoms with Gasteiger partial charge in [0.1, 0.15) is 11.7 Å². The Bertz CT molecular complexity index is 809. The molecule has 1 fully saturated rings. The first-order chi connectivity index (χ1) is 12.2. The largest absolute Gasteiger partial charge is 0.343 e. The van der Waals surface area contributed by atoms with Crippen LogP contribution in [-0.4, -0.2) is 5.84 Å². The van der Waals surface area contributed by atoms with Crippen LogP contribution in [0.4, 0.5) is 10.1 Å². The van der Waals surface area contributed by atoms with Crippen molar-refractivity contribution in [2.45, 2.75) is 45.1 Å². The Morgan fingerprint density at radius 3 is 2.68 bits per heavy atom. The van der Waals surface area contributed by atoms with Gasteiger partial charge in [0.2, 0.25) is 0 Å². The smallest absolute Gasteiger partial charge is 0.141 e. The molecule has 1 spiro atoms. The molecular weight excluding hydrogens is 335 g/mol. The number of para-hydroxylation sites is 1. The number of halogens is 2. The Morgan fingerprint density at radius 1 is 1.08 bits per heavy atom. The second kappa shape index (κ2) is 6.80. The van der Waals surface area contributed by atoms with Crippen LogP contribution in [0.5, 0.6) is 0 Å². The Hall–Kier alpha value is -1.87. The van der Waals surface area contributed by atoms with E-state index in [1.165, 1.54) is 43.7 Å². The Morgan fingerprint density at radius 2 is 1.88 bits per heavy atom. The predicted molar refractivity (Wildman–Crippen MR) is 102 cm³/mol. The zero-order chi connectivity index (χ0) is 17.3. The molecule has 1 N–H and O–H groups in total. The van der Waals surface area contributed by atoms with Crippen molar-refractivity contribution >= 4 is 23.1 Å². The second-order valence-corrected chi connectivity index (χ2v) is 7.62. The van der Waals surface area contributed by atoms with Crippen LogP contribution in [0.1, 0.15) is 43.2 Å². The SMILES string of the molecule is Fc1ccc(CN=C2Nc3ccccc3CC23CCCCC3)cc1Cl. The fourth-order valence-electron chi connectivity index (χ4n) is 4.16. The van der Waals surface area contributed by atoms with Crippen LogP contribution >= 0.6 is 11.6 Å². The molecule has 4 rings (SSSR count). The molecule has 0 atom stereocenters. The summed E-state index contributed by atoms with van der Waals surface area (Å²) in [6.07, 6.45) is 7.23. The molecule has 4 heteroatoms. The van der Waals surface area contributed by atoms with Gasteiger partial charge in [0, 0.05) is 11.1 Å². The number of amidine groups is 1. The number of fused-ring (bicyclic) bond motifs is 1. The van der Waals surface area contributed by atoms with Crippen molar-refractivity contribution in [3.8, 4) is 0 Å². The van der Waals surface area contributed by atoms with Crippen molar-refractivity contribution < 1.29 is 4.39 Å². The van der Waals surface area contributed by atoms with Crippen LogP contribution in [0, 0.1) is 11.2 Å². The van der Waals surface area contributed by atoms with Gasteiger partial charge in [-0.3, -0.25) is 4.99 Å². The van der Waals surface area contributed by atoms with Crippen molar-refractivity contribution in [1.29, 1.82) is 0 Å². The maximum absolute atomic E-state index is 13.4. The number of aliphatic imine (C=N–C) groups is 1. The van der Waals surface area contributed by atoms with Crippen LogP contribution < -0.4 is 5.32 Å². The van der Waals surface area contributed by atoms with Gasteiger partial charge in [-0.1, -0.05) is 55.1 Å². The molecule has 0 radical (unpaired) electrons. The second-order valence-electron chi connectivity index (χ2n) is 7.21. The van der Waals surface area contributed by atoms with Gasteiger partial charge in [0.05, 0.1) is 11.6 Å². The maximum Gasteiger partial charge on any atom is 0.141 e. The van der Waals surface area contributed by atoms with E-state index in [0.717, 1.165) is 23.5 Å². The Balaban J connectivity index is 1.66. The van der Waals surface area contributed by atoms with E-state index in [-0.39, 0.29) is 16.3 Å². The van der Waals surface area contributed by atoms with Crippen LogP contribution in [0.3, 0.4) is 0 Å². The molecule has 2 aliphatic rings. The molecule has 0 unspecified atom stereocenters. The fraction of sp³-hybridized carbons (Fsp3) is 0.381. The molecule has 130 valence electrons. The lowest BCUT2D eigenvalue weighted by molar-refractivity contribution is 0.278. The summed E-state index contributed by atoms with van der Waals surface area (Å²) < 4.78 is 13.4. The van der Waals surface area contributed by atoms with E-state index >= 15 is 0 Å². The molecular formula is C21H22ClFN2. The highest BCUT2D eigenvalue weighted by Gasteiger charge is 2.40. The van der Waals surface area contributed by atoms with Crippen LogP contribution in [0.2, 0.25) is 5.02 Å². The minimum atomic E-state index is -0.383. The topological polar surface area (TPSA) is 24.4 Å². The summed E-state index contributed by atoms with van der Waals surface area (Å²) in [6.45, 7) is 0.520. The van der Waals surface area contributed by atoms with Crippen molar-refractivity contribution in [3.05, 3.63) is 64.4 Å². The normalized spacial score (nSPS) is 20.3. The minimum Gasteiger partial charge on any atom is -0.343 e. The Kier molecular flexibility index (Phi) is 4.51. The van der Waals surface area contributed by atoms with Crippen LogP contribution in [0.15, 0.2) is 47.5 Å². The zero-order valence-electron chi connectivity index (χ0n) is 14.2. The number of nitrogens with one attached hydrogen (secondary N) is 1. The lowest BCUT2D eigenvalue weighted by atomic mass is 9.67. The van der Waals surface area contributed by atoms with Crippen molar-refractivity contribution in [2.75, 3.05) is 5.32 Å². The molecule has 1 aliphatic heterocycles. The highest BCUT2D eigenvalue weighted by Crippen LogP contribution is 2.45. The molecule has 1 heterocycles. The first-order valence-corrected chi connectivity index (χ1v) is 9.38. The monoisotopic (exact) mass is 356 g/mol. The van der Waals surface area contributed by atoms with E-state index in [1.807, 2.05) is 0 Å². The number of hydrogen-bond acceptors (Lipinski definition) is 1. The third kappa shape index (κ3) is 3.30. The molecule has 0 aromatic heterocycles. The van der Waals surface area contributed by atoms with E-state index in [1.54, 1.807) is 12.1 Å². The van der Waals surface area contributed by atoms with Crippen LogP contribution in [-0.2, 0) is 13.0 Å². The molecule has 0 amide bonds. The van der Waals surface area contributed by atoms with E-state index in [2.05, 4.69) is 29.6 Å². The molecule has 1 saturated carbocycles. The number of anilines is 1. The predicted octanol–water partition coefficient (Wildman–Crippen LogP) is 6.00. The standard InChI is InChI=1S/C21H22ClFN2/c22-17-12-15(8-9-18(17)23)14-24-20-21(10-4-1-5-11-21)13-16-6-2-3-7-19(16)25-20/h2-3,6-9,12H,1,4-5,10-11,13-14H2,(H,24,25). The first kappa shape index (κ1) is 16.6. The molecule has 2 aromatic rings. The number of benzene rings is 2. The fourth-order valence-corrected chi connectivity index (χ4v) is 4.37. The maximum atomic E-state index is 13.4. The Labute approximate surface area is 153 Å². The van der Waals surface area contributed by atoms with E-state index in [4.69, 9.17) is 16.6 Å². The summed E-state index contributed by atoms with van der Waals surface area (Å²) in [5, 5.41) is 3.76. The average molecular weight is 357 g/mol. The van der Waals surface area contributed by atoms with Crippen molar-refractivity contribution in [2.24, 2.45) is 10.4 Å². The number of rotatable bonds is 2. The van der Waals surface area contributed by atoms with Gasteiger partial charge in [-0.2, -0.15) is 0 Å². The highest BCUT2D eigenvalue weighted by atomic mass is 35.5. The van der Waals surface area contributed by atoms with Gasteiger partial charge in [0.15, 0.2) is 0 Å². The summed E-state index contributed by atoms with van der Waals surface area (Å²) in [6, 6.07) is 13.4. The summed E-state index contributed by atoms with van der Waals surface area (Å²) in [5.41, 5.74) is 3.60. The van der Waals surface area contributed by atoms with Crippen molar-refractivity contribution in [3.63, 3.8) is 0 Å².